The second-order valence-corrected chi connectivity index (χ2v) is 6.53. The number of benzene rings is 1. The fraction of sp³-hybridized carbons (Fsp3) is 0.500. The molecule has 1 unspecified atom stereocenters. The Morgan fingerprint density at radius 1 is 1.20 bits per heavy atom. The molecule has 114 valence electrons. The Bertz CT molecular complexity index is 553. The van der Waals surface area contributed by atoms with E-state index in [4.69, 9.17) is 5.73 Å². The van der Waals surface area contributed by atoms with Crippen molar-refractivity contribution in [3.63, 3.8) is 0 Å². The summed E-state index contributed by atoms with van der Waals surface area (Å²) in [7, 11) is -4.44. The van der Waals surface area contributed by atoms with Gasteiger partial charge in [-0.05, 0) is 12.3 Å². The van der Waals surface area contributed by atoms with E-state index >= 15 is 0 Å². The van der Waals surface area contributed by atoms with E-state index in [0.29, 0.717) is 18.6 Å². The number of sulfonamides is 1. The number of rotatable bonds is 6. The molecule has 0 aliphatic heterocycles. The van der Waals surface area contributed by atoms with Crippen LogP contribution in [-0.4, -0.2) is 21.0 Å². The molecule has 0 saturated carbocycles. The Morgan fingerprint density at radius 3 is 2.10 bits per heavy atom. The Labute approximate surface area is 116 Å². The molecule has 0 fully saturated rings. The highest BCUT2D eigenvalue weighted by atomic mass is 32.2. The second-order valence-electron chi connectivity index (χ2n) is 4.88. The number of nitrogens with one attached hydrogen (secondary N) is 1. The van der Waals surface area contributed by atoms with Crippen LogP contribution in [0.2, 0.25) is 0 Å². The van der Waals surface area contributed by atoms with Gasteiger partial charge in [0.1, 0.15) is 17.5 Å². The van der Waals surface area contributed by atoms with Gasteiger partial charge in [-0.3, -0.25) is 0 Å². The first kappa shape index (κ1) is 16.9. The van der Waals surface area contributed by atoms with E-state index in [2.05, 4.69) is 4.72 Å². The van der Waals surface area contributed by atoms with Crippen molar-refractivity contribution in [3.8, 4) is 0 Å². The standard InChI is InChI=1S/C12H17F3N2O2S/c1-7(2)3-9(6-16)17-20(18,19)12-10(14)4-8(13)5-11(12)15/h4-5,7,9,17H,3,6,16H2,1-2H3. The fourth-order valence-electron chi connectivity index (χ4n) is 1.83. The van der Waals surface area contributed by atoms with Gasteiger partial charge in [-0.2, -0.15) is 0 Å². The average molecular weight is 310 g/mol. The number of hydrogen-bond acceptors (Lipinski definition) is 3. The summed E-state index contributed by atoms with van der Waals surface area (Å²) in [6.45, 7) is 3.70. The minimum atomic E-state index is -4.44. The third-order valence-electron chi connectivity index (χ3n) is 2.59. The summed E-state index contributed by atoms with van der Waals surface area (Å²) in [6.07, 6.45) is 0.417. The van der Waals surface area contributed by atoms with Gasteiger partial charge in [-0.25, -0.2) is 26.3 Å². The lowest BCUT2D eigenvalue weighted by atomic mass is 10.1. The van der Waals surface area contributed by atoms with Crippen molar-refractivity contribution in [1.29, 1.82) is 0 Å². The Morgan fingerprint density at radius 2 is 1.70 bits per heavy atom. The van der Waals surface area contributed by atoms with Crippen molar-refractivity contribution in [2.45, 2.75) is 31.2 Å². The van der Waals surface area contributed by atoms with Crippen molar-refractivity contribution >= 4 is 10.0 Å². The fourth-order valence-corrected chi connectivity index (χ4v) is 3.21. The summed E-state index contributed by atoms with van der Waals surface area (Å²) in [5.74, 6) is -3.99. The molecule has 1 aromatic rings. The van der Waals surface area contributed by atoms with Gasteiger partial charge in [0, 0.05) is 24.7 Å². The molecule has 0 heterocycles. The van der Waals surface area contributed by atoms with Crippen LogP contribution in [0.15, 0.2) is 17.0 Å². The predicted molar refractivity (Wildman–Crippen MR) is 68.9 cm³/mol. The summed E-state index contributed by atoms with van der Waals surface area (Å²) in [5.41, 5.74) is 5.43. The molecule has 0 amide bonds. The highest BCUT2D eigenvalue weighted by Gasteiger charge is 2.27. The highest BCUT2D eigenvalue weighted by molar-refractivity contribution is 7.89. The van der Waals surface area contributed by atoms with Gasteiger partial charge >= 0.3 is 0 Å². The number of hydrogen-bond donors (Lipinski definition) is 2. The van der Waals surface area contributed by atoms with Gasteiger partial charge < -0.3 is 5.73 Å². The van der Waals surface area contributed by atoms with Crippen LogP contribution in [0.4, 0.5) is 13.2 Å². The number of nitrogens with two attached hydrogens (primary N) is 1. The first-order valence-electron chi connectivity index (χ1n) is 6.04. The van der Waals surface area contributed by atoms with Gasteiger partial charge in [-0.1, -0.05) is 13.8 Å². The topological polar surface area (TPSA) is 72.2 Å². The molecule has 0 radical (unpaired) electrons. The molecule has 4 nitrogen and oxygen atoms in total. The van der Waals surface area contributed by atoms with Crippen LogP contribution in [0.25, 0.3) is 0 Å². The van der Waals surface area contributed by atoms with Crippen LogP contribution < -0.4 is 10.5 Å². The summed E-state index contributed by atoms with van der Waals surface area (Å²) < 4.78 is 65.8. The molecule has 1 aromatic carbocycles. The molecule has 1 atom stereocenters. The van der Waals surface area contributed by atoms with E-state index in [0.717, 1.165) is 0 Å². The van der Waals surface area contributed by atoms with Crippen LogP contribution in [0.1, 0.15) is 20.3 Å². The lowest BCUT2D eigenvalue weighted by Gasteiger charge is -2.19. The minimum absolute atomic E-state index is 0.0121. The smallest absolute Gasteiger partial charge is 0.246 e. The minimum Gasteiger partial charge on any atom is -0.329 e. The molecule has 0 bridgehead atoms. The van der Waals surface area contributed by atoms with E-state index in [1.54, 1.807) is 0 Å². The molecule has 0 spiro atoms. The maximum absolute atomic E-state index is 13.5. The third-order valence-corrected chi connectivity index (χ3v) is 4.17. The SMILES string of the molecule is CC(C)CC(CN)NS(=O)(=O)c1c(F)cc(F)cc1F. The van der Waals surface area contributed by atoms with Crippen LogP contribution in [0.5, 0.6) is 0 Å². The van der Waals surface area contributed by atoms with Crippen molar-refractivity contribution in [2.75, 3.05) is 6.54 Å². The predicted octanol–water partition coefficient (Wildman–Crippen LogP) is 1.76. The van der Waals surface area contributed by atoms with E-state index in [9.17, 15) is 21.6 Å². The van der Waals surface area contributed by atoms with Crippen molar-refractivity contribution in [2.24, 2.45) is 11.7 Å². The van der Waals surface area contributed by atoms with Crippen LogP contribution in [-0.2, 0) is 10.0 Å². The summed E-state index contributed by atoms with van der Waals surface area (Å²) in [5, 5.41) is 0. The van der Waals surface area contributed by atoms with Gasteiger partial charge in [0.25, 0.3) is 0 Å². The van der Waals surface area contributed by atoms with Gasteiger partial charge in [-0.15, -0.1) is 0 Å². The van der Waals surface area contributed by atoms with Gasteiger partial charge in [0.15, 0.2) is 4.90 Å². The zero-order valence-electron chi connectivity index (χ0n) is 11.2. The summed E-state index contributed by atoms with van der Waals surface area (Å²) in [4.78, 5) is -1.19. The molecular weight excluding hydrogens is 293 g/mol. The van der Waals surface area contributed by atoms with Crippen LogP contribution >= 0.6 is 0 Å². The van der Waals surface area contributed by atoms with Crippen LogP contribution in [0.3, 0.4) is 0 Å². The van der Waals surface area contributed by atoms with E-state index in [-0.39, 0.29) is 12.5 Å². The normalized spacial score (nSPS) is 13.8. The maximum atomic E-state index is 13.5. The average Bonchev–Trinajstić information content (AvgIpc) is 2.24. The summed E-state index contributed by atoms with van der Waals surface area (Å²) in [6, 6.07) is -0.0152. The molecule has 8 heteroatoms. The quantitative estimate of drug-likeness (QED) is 0.841. The summed E-state index contributed by atoms with van der Waals surface area (Å²) >= 11 is 0. The van der Waals surface area contributed by atoms with Crippen molar-refractivity contribution in [3.05, 3.63) is 29.6 Å². The molecule has 3 N–H and O–H groups in total. The second kappa shape index (κ2) is 6.55. The monoisotopic (exact) mass is 310 g/mol. The lowest BCUT2D eigenvalue weighted by molar-refractivity contribution is 0.456. The van der Waals surface area contributed by atoms with Crippen molar-refractivity contribution in [1.82, 2.24) is 4.72 Å². The first-order valence-corrected chi connectivity index (χ1v) is 7.52. The van der Waals surface area contributed by atoms with Gasteiger partial charge in [0.2, 0.25) is 10.0 Å². The molecule has 0 aromatic heterocycles. The van der Waals surface area contributed by atoms with Crippen molar-refractivity contribution < 1.29 is 21.6 Å². The largest absolute Gasteiger partial charge is 0.329 e. The molecule has 0 aliphatic carbocycles. The number of halogens is 3. The van der Waals surface area contributed by atoms with E-state index in [1.165, 1.54) is 0 Å². The molecule has 0 saturated heterocycles. The van der Waals surface area contributed by atoms with E-state index < -0.39 is 38.4 Å². The lowest BCUT2D eigenvalue weighted by Crippen LogP contribution is -2.41. The maximum Gasteiger partial charge on any atom is 0.246 e. The van der Waals surface area contributed by atoms with Crippen LogP contribution in [0, 0.1) is 23.4 Å². The van der Waals surface area contributed by atoms with Gasteiger partial charge in [0.05, 0.1) is 0 Å². The Hall–Kier alpha value is -1.12. The molecule has 1 rings (SSSR count). The first-order chi connectivity index (χ1) is 9.17. The zero-order chi connectivity index (χ0) is 15.5. The Kier molecular flexibility index (Phi) is 5.55. The molecular formula is C12H17F3N2O2S. The Balaban J connectivity index is 3.11. The molecule has 20 heavy (non-hydrogen) atoms. The highest BCUT2D eigenvalue weighted by Crippen LogP contribution is 2.20. The van der Waals surface area contributed by atoms with E-state index in [1.807, 2.05) is 13.8 Å². The zero-order valence-corrected chi connectivity index (χ0v) is 12.0. The third kappa shape index (κ3) is 4.19. The molecule has 0 aliphatic rings.